The van der Waals surface area contributed by atoms with Gasteiger partial charge in [0.1, 0.15) is 5.75 Å². The molecule has 6 rings (SSSR count). The summed E-state index contributed by atoms with van der Waals surface area (Å²) in [5.74, 6) is 0.577. The van der Waals surface area contributed by atoms with Crippen LogP contribution in [0.1, 0.15) is 73.4 Å². The van der Waals surface area contributed by atoms with Crippen LogP contribution in [0, 0.1) is 17.8 Å². The Kier molecular flexibility index (Phi) is 8.74. The number of carbonyl (C=O) groups is 2. The Morgan fingerprint density at radius 3 is 2.74 bits per heavy atom. The molecule has 0 saturated heterocycles. The predicted octanol–water partition coefficient (Wildman–Crippen LogP) is 6.28. The van der Waals surface area contributed by atoms with Gasteiger partial charge < -0.3 is 24.2 Å². The first-order valence-corrected chi connectivity index (χ1v) is 16.1. The van der Waals surface area contributed by atoms with E-state index in [9.17, 15) is 14.7 Å². The van der Waals surface area contributed by atoms with Crippen LogP contribution in [0.2, 0.25) is 5.02 Å². The molecule has 0 aromatic heterocycles. The molecular weight excluding hydrogens is 566 g/mol. The molecule has 1 unspecified atom stereocenters. The van der Waals surface area contributed by atoms with Crippen LogP contribution in [-0.4, -0.2) is 56.6 Å². The summed E-state index contributed by atoms with van der Waals surface area (Å²) < 4.78 is 16.8. The second-order valence-corrected chi connectivity index (χ2v) is 13.2. The minimum absolute atomic E-state index is 0.116. The smallest absolute Gasteiger partial charge is 0.337 e. The molecule has 43 heavy (non-hydrogen) atoms. The second-order valence-electron chi connectivity index (χ2n) is 12.7. The average molecular weight is 608 g/mol. The van der Waals surface area contributed by atoms with Crippen molar-refractivity contribution >= 4 is 29.2 Å². The van der Waals surface area contributed by atoms with Gasteiger partial charge >= 0.3 is 11.9 Å². The monoisotopic (exact) mass is 607 g/mol. The Labute approximate surface area is 259 Å². The van der Waals surface area contributed by atoms with Crippen LogP contribution in [0.15, 0.2) is 48.0 Å². The molecule has 1 spiro atoms. The van der Waals surface area contributed by atoms with Crippen molar-refractivity contribution in [2.75, 3.05) is 38.3 Å². The van der Waals surface area contributed by atoms with Crippen LogP contribution >= 0.6 is 11.6 Å². The Morgan fingerprint density at radius 2 is 2.02 bits per heavy atom. The molecule has 230 valence electrons. The molecule has 0 bridgehead atoms. The Hall–Kier alpha value is -3.03. The minimum atomic E-state index is -0.516. The normalized spacial score (nSPS) is 27.0. The number of aliphatic hydroxyl groups excluding tert-OH is 1. The largest absolute Gasteiger partial charge is 0.490 e. The molecule has 1 aliphatic heterocycles. The van der Waals surface area contributed by atoms with E-state index >= 15 is 0 Å². The van der Waals surface area contributed by atoms with Gasteiger partial charge in [-0.3, -0.25) is 4.79 Å². The molecule has 2 aromatic carbocycles. The summed E-state index contributed by atoms with van der Waals surface area (Å²) in [7, 11) is 1.40. The van der Waals surface area contributed by atoms with E-state index in [0.717, 1.165) is 80.1 Å². The minimum Gasteiger partial charge on any atom is -0.490 e. The molecule has 8 heteroatoms. The lowest BCUT2D eigenvalue weighted by Gasteiger charge is -2.46. The highest BCUT2D eigenvalue weighted by Crippen LogP contribution is 2.47. The van der Waals surface area contributed by atoms with Crippen LogP contribution in [0.5, 0.6) is 5.75 Å². The molecule has 4 aliphatic rings. The van der Waals surface area contributed by atoms with Crippen LogP contribution in [0.4, 0.5) is 5.69 Å². The first kappa shape index (κ1) is 30.0. The fourth-order valence-corrected chi connectivity index (χ4v) is 7.95. The molecule has 1 saturated carbocycles. The van der Waals surface area contributed by atoms with Gasteiger partial charge in [0.25, 0.3) is 0 Å². The zero-order chi connectivity index (χ0) is 30.1. The third-order valence-corrected chi connectivity index (χ3v) is 10.5. The summed E-state index contributed by atoms with van der Waals surface area (Å²) in [5, 5.41) is 12.3. The zero-order valence-corrected chi connectivity index (χ0v) is 25.9. The maximum Gasteiger partial charge on any atom is 0.337 e. The highest BCUT2D eigenvalue weighted by atomic mass is 35.5. The lowest BCUT2D eigenvalue weighted by molar-refractivity contribution is -0.148. The van der Waals surface area contributed by atoms with Gasteiger partial charge in [0.2, 0.25) is 0 Å². The lowest BCUT2D eigenvalue weighted by atomic mass is 9.67. The van der Waals surface area contributed by atoms with Crippen LogP contribution in [0.25, 0.3) is 0 Å². The average Bonchev–Trinajstić information content (AvgIpc) is 3.15. The first-order chi connectivity index (χ1) is 20.8. The van der Waals surface area contributed by atoms with Gasteiger partial charge in [-0.2, -0.15) is 0 Å². The molecule has 1 heterocycles. The molecule has 2 aromatic rings. The maximum atomic E-state index is 12.5. The van der Waals surface area contributed by atoms with Gasteiger partial charge in [0.15, 0.2) is 0 Å². The van der Waals surface area contributed by atoms with Gasteiger partial charge in [-0.25, -0.2) is 4.79 Å². The Bertz CT molecular complexity index is 1410. The fraction of sp³-hybridized carbons (Fsp3) is 0.543. The molecule has 5 atom stereocenters. The van der Waals surface area contributed by atoms with Gasteiger partial charge in [-0.1, -0.05) is 23.7 Å². The summed E-state index contributed by atoms with van der Waals surface area (Å²) in [6.45, 7) is 4.28. The van der Waals surface area contributed by atoms with Crippen LogP contribution in [-0.2, 0) is 26.1 Å². The number of aliphatic hydroxyl groups is 1. The van der Waals surface area contributed by atoms with Crippen molar-refractivity contribution in [1.29, 1.82) is 0 Å². The van der Waals surface area contributed by atoms with E-state index in [2.05, 4.69) is 23.1 Å². The van der Waals surface area contributed by atoms with E-state index < -0.39 is 6.10 Å². The van der Waals surface area contributed by atoms with Crippen LogP contribution < -0.4 is 9.64 Å². The quantitative estimate of drug-likeness (QED) is 0.293. The number of nitrogens with zero attached hydrogens (tertiary/aromatic N) is 1. The van der Waals surface area contributed by atoms with Crippen molar-refractivity contribution < 1.29 is 28.9 Å². The molecule has 1 N–H and O–H groups in total. The number of esters is 2. The number of halogens is 1. The molecule has 1 fully saturated rings. The summed E-state index contributed by atoms with van der Waals surface area (Å²) >= 11 is 6.40. The van der Waals surface area contributed by atoms with Crippen molar-refractivity contribution in [2.45, 2.75) is 69.8 Å². The SMILES string of the molecule is CCOC(=O)[C@@H]1CC=C([C@H](O)[C@@H]2CC[C@H]2CN2CC3(CCCc4cc(Cl)ccc43)COc3ccc(C(=O)OC)cc32)CC1. The van der Waals surface area contributed by atoms with E-state index in [-0.39, 0.29) is 35.1 Å². The number of hydrogen-bond donors (Lipinski definition) is 1. The van der Waals surface area contributed by atoms with Gasteiger partial charge in [-0.05, 0) is 117 Å². The van der Waals surface area contributed by atoms with E-state index in [1.807, 2.05) is 25.1 Å². The number of carbonyl (C=O) groups excluding carboxylic acids is 2. The van der Waals surface area contributed by atoms with Crippen LogP contribution in [0.3, 0.4) is 0 Å². The van der Waals surface area contributed by atoms with Crippen molar-refractivity contribution in [3.63, 3.8) is 0 Å². The molecule has 7 nitrogen and oxygen atoms in total. The fourth-order valence-electron chi connectivity index (χ4n) is 7.75. The van der Waals surface area contributed by atoms with E-state index in [4.69, 9.17) is 25.8 Å². The van der Waals surface area contributed by atoms with Gasteiger partial charge in [-0.15, -0.1) is 0 Å². The maximum absolute atomic E-state index is 12.5. The number of benzene rings is 2. The topological polar surface area (TPSA) is 85.3 Å². The van der Waals surface area contributed by atoms with Crippen molar-refractivity contribution in [2.24, 2.45) is 17.8 Å². The summed E-state index contributed by atoms with van der Waals surface area (Å²) in [6, 6.07) is 11.8. The van der Waals surface area contributed by atoms with Gasteiger partial charge in [0.05, 0.1) is 43.6 Å². The molecular formula is C35H42ClNO6. The molecule has 0 amide bonds. The molecule has 3 aliphatic carbocycles. The number of aryl methyl sites for hydroxylation is 1. The third kappa shape index (κ3) is 5.91. The van der Waals surface area contributed by atoms with E-state index in [1.165, 1.54) is 18.2 Å². The number of hydrogen-bond acceptors (Lipinski definition) is 7. The van der Waals surface area contributed by atoms with E-state index in [0.29, 0.717) is 25.2 Å². The Balaban J connectivity index is 1.27. The summed E-state index contributed by atoms with van der Waals surface area (Å²) in [5.41, 5.74) is 4.81. The van der Waals surface area contributed by atoms with Crippen molar-refractivity contribution in [3.05, 3.63) is 69.8 Å². The number of fused-ring (bicyclic) bond motifs is 3. The number of ether oxygens (including phenoxy) is 3. The summed E-state index contributed by atoms with van der Waals surface area (Å²) in [6.07, 6.45) is 8.68. The highest BCUT2D eigenvalue weighted by Gasteiger charge is 2.45. The number of rotatable bonds is 7. The zero-order valence-electron chi connectivity index (χ0n) is 25.1. The number of allylic oxidation sites excluding steroid dienone is 1. The Morgan fingerprint density at radius 1 is 1.16 bits per heavy atom. The number of methoxy groups -OCH3 is 1. The van der Waals surface area contributed by atoms with E-state index in [1.54, 1.807) is 6.07 Å². The van der Waals surface area contributed by atoms with Gasteiger partial charge in [0, 0.05) is 23.5 Å². The highest BCUT2D eigenvalue weighted by molar-refractivity contribution is 6.30. The standard InChI is InChI=1S/C35H42ClNO6/c1-3-42-34(40)23-8-6-22(7-9-23)32(38)28-13-10-26(28)19-37-20-35(16-4-5-24-17-27(36)12-14-29(24)35)21-43-31-15-11-25(18-30(31)37)33(39)41-2/h6,11-12,14-15,17-18,23,26,28,32,38H,3-5,7-10,13,16,19-21H2,1-2H3/t23-,26+,28-,32+,35?/m1/s1. The molecule has 0 radical (unpaired) electrons. The van der Waals surface area contributed by atoms with Crippen molar-refractivity contribution in [3.8, 4) is 5.75 Å². The van der Waals surface area contributed by atoms with Crippen molar-refractivity contribution in [1.82, 2.24) is 0 Å². The first-order valence-electron chi connectivity index (χ1n) is 15.7. The second kappa shape index (κ2) is 12.5. The number of anilines is 1. The summed E-state index contributed by atoms with van der Waals surface area (Å²) in [4.78, 5) is 27.1. The lowest BCUT2D eigenvalue weighted by Crippen LogP contribution is -2.50. The third-order valence-electron chi connectivity index (χ3n) is 10.2. The predicted molar refractivity (Wildman–Crippen MR) is 166 cm³/mol.